The van der Waals surface area contributed by atoms with Crippen LogP contribution < -0.4 is 10.5 Å². The standard InChI is InChI=1S/C11H18NO3P/c1-4-15-16(3,13)8-9-5-6-10(12)7-11(9)14-2/h5-7H,4,8,12H2,1-3H3. The van der Waals surface area contributed by atoms with Crippen molar-refractivity contribution in [3.8, 4) is 5.75 Å². The summed E-state index contributed by atoms with van der Waals surface area (Å²) in [6, 6.07) is 5.31. The molecule has 0 heterocycles. The highest BCUT2D eigenvalue weighted by Gasteiger charge is 2.18. The lowest BCUT2D eigenvalue weighted by Crippen LogP contribution is -1.97. The number of anilines is 1. The minimum atomic E-state index is -2.59. The molecular weight excluding hydrogens is 225 g/mol. The molecule has 1 unspecified atom stereocenters. The average Bonchev–Trinajstić information content (AvgIpc) is 2.20. The van der Waals surface area contributed by atoms with E-state index in [0.29, 0.717) is 24.2 Å². The first-order valence-corrected chi connectivity index (χ1v) is 7.37. The maximum atomic E-state index is 12.0. The van der Waals surface area contributed by atoms with E-state index < -0.39 is 7.37 Å². The molecule has 1 aromatic carbocycles. The summed E-state index contributed by atoms with van der Waals surface area (Å²) in [5.74, 6) is 0.654. The van der Waals surface area contributed by atoms with Crippen LogP contribution in [0.3, 0.4) is 0 Å². The van der Waals surface area contributed by atoms with Crippen molar-refractivity contribution in [3.05, 3.63) is 23.8 Å². The topological polar surface area (TPSA) is 61.5 Å². The number of nitrogen functional groups attached to an aromatic ring is 1. The van der Waals surface area contributed by atoms with Gasteiger partial charge in [0.15, 0.2) is 0 Å². The zero-order valence-electron chi connectivity index (χ0n) is 9.90. The largest absolute Gasteiger partial charge is 0.496 e. The minimum absolute atomic E-state index is 0.365. The first kappa shape index (κ1) is 13.1. The first-order valence-electron chi connectivity index (χ1n) is 5.12. The average molecular weight is 243 g/mol. The monoisotopic (exact) mass is 243 g/mol. The fourth-order valence-corrected chi connectivity index (χ4v) is 3.04. The molecule has 0 saturated heterocycles. The van der Waals surface area contributed by atoms with Crippen LogP contribution in [-0.4, -0.2) is 20.4 Å². The van der Waals surface area contributed by atoms with Gasteiger partial charge in [0, 0.05) is 24.0 Å². The number of rotatable bonds is 5. The molecule has 1 atom stereocenters. The van der Waals surface area contributed by atoms with Gasteiger partial charge in [-0.25, -0.2) is 0 Å². The summed E-state index contributed by atoms with van der Waals surface area (Å²) in [5, 5.41) is 0. The predicted molar refractivity (Wildman–Crippen MR) is 66.3 cm³/mol. The normalized spacial score (nSPS) is 14.4. The van der Waals surface area contributed by atoms with E-state index in [1.165, 1.54) is 0 Å². The molecule has 90 valence electrons. The van der Waals surface area contributed by atoms with E-state index in [-0.39, 0.29) is 0 Å². The summed E-state index contributed by atoms with van der Waals surface area (Å²) in [4.78, 5) is 0. The summed E-state index contributed by atoms with van der Waals surface area (Å²) in [7, 11) is -1.02. The third kappa shape index (κ3) is 3.54. The van der Waals surface area contributed by atoms with Crippen LogP contribution in [0.5, 0.6) is 5.75 Å². The van der Waals surface area contributed by atoms with Gasteiger partial charge in [-0.2, -0.15) is 0 Å². The Kier molecular flexibility index (Phi) is 4.39. The maximum absolute atomic E-state index is 12.0. The van der Waals surface area contributed by atoms with Crippen LogP contribution >= 0.6 is 7.37 Å². The Balaban J connectivity index is 2.92. The van der Waals surface area contributed by atoms with Gasteiger partial charge in [-0.05, 0) is 13.0 Å². The Morgan fingerprint density at radius 2 is 2.12 bits per heavy atom. The zero-order valence-corrected chi connectivity index (χ0v) is 10.8. The van der Waals surface area contributed by atoms with E-state index in [4.69, 9.17) is 15.0 Å². The van der Waals surface area contributed by atoms with Crippen LogP contribution in [-0.2, 0) is 15.3 Å². The Hall–Kier alpha value is -0.990. The molecule has 0 aliphatic rings. The van der Waals surface area contributed by atoms with Crippen LogP contribution in [0.25, 0.3) is 0 Å². The molecular formula is C11H18NO3P. The molecule has 5 heteroatoms. The summed E-state index contributed by atoms with van der Waals surface area (Å²) < 4.78 is 22.5. The lowest BCUT2D eigenvalue weighted by atomic mass is 10.2. The van der Waals surface area contributed by atoms with Gasteiger partial charge in [0.2, 0.25) is 7.37 Å². The highest BCUT2D eigenvalue weighted by Crippen LogP contribution is 2.47. The number of hydrogen-bond donors (Lipinski definition) is 1. The second-order valence-corrected chi connectivity index (χ2v) is 6.26. The lowest BCUT2D eigenvalue weighted by molar-refractivity contribution is 0.335. The number of ether oxygens (including phenoxy) is 1. The molecule has 0 aliphatic heterocycles. The van der Waals surface area contributed by atoms with Crippen molar-refractivity contribution in [1.29, 1.82) is 0 Å². The molecule has 0 saturated carbocycles. The van der Waals surface area contributed by atoms with Crippen molar-refractivity contribution in [1.82, 2.24) is 0 Å². The quantitative estimate of drug-likeness (QED) is 0.638. The third-order valence-electron chi connectivity index (χ3n) is 2.17. The van der Waals surface area contributed by atoms with Gasteiger partial charge < -0.3 is 15.0 Å². The number of methoxy groups -OCH3 is 1. The summed E-state index contributed by atoms with van der Waals surface area (Å²) >= 11 is 0. The SMILES string of the molecule is CCOP(C)(=O)Cc1ccc(N)cc1OC. The second kappa shape index (κ2) is 5.37. The Morgan fingerprint density at radius 3 is 2.69 bits per heavy atom. The van der Waals surface area contributed by atoms with E-state index in [1.54, 1.807) is 25.9 Å². The van der Waals surface area contributed by atoms with Crippen LogP contribution in [0.2, 0.25) is 0 Å². The van der Waals surface area contributed by atoms with Gasteiger partial charge in [0.25, 0.3) is 0 Å². The molecule has 0 spiro atoms. The molecule has 1 rings (SSSR count). The highest BCUT2D eigenvalue weighted by molar-refractivity contribution is 7.57. The van der Waals surface area contributed by atoms with Crippen molar-refractivity contribution in [2.24, 2.45) is 0 Å². The maximum Gasteiger partial charge on any atom is 0.204 e. The predicted octanol–water partition coefficient (Wildman–Crippen LogP) is 2.72. The molecule has 0 aromatic heterocycles. The lowest BCUT2D eigenvalue weighted by Gasteiger charge is -2.15. The molecule has 0 fully saturated rings. The summed E-state index contributed by atoms with van der Waals surface area (Å²) in [5.41, 5.74) is 7.13. The van der Waals surface area contributed by atoms with Crippen molar-refractivity contribution in [3.63, 3.8) is 0 Å². The first-order chi connectivity index (χ1) is 7.48. The molecule has 0 amide bonds. The van der Waals surface area contributed by atoms with Gasteiger partial charge in [0.1, 0.15) is 5.75 Å². The smallest absolute Gasteiger partial charge is 0.204 e. The fraction of sp³-hybridized carbons (Fsp3) is 0.455. The molecule has 0 radical (unpaired) electrons. The van der Waals surface area contributed by atoms with E-state index >= 15 is 0 Å². The van der Waals surface area contributed by atoms with E-state index in [0.717, 1.165) is 5.56 Å². The van der Waals surface area contributed by atoms with Gasteiger partial charge in [-0.15, -0.1) is 0 Å². The number of nitrogens with two attached hydrogens (primary N) is 1. The fourth-order valence-electron chi connectivity index (χ4n) is 1.52. The molecule has 2 N–H and O–H groups in total. The Bertz CT molecular complexity index is 406. The Morgan fingerprint density at radius 1 is 1.44 bits per heavy atom. The molecule has 0 aliphatic carbocycles. The van der Waals surface area contributed by atoms with Gasteiger partial charge in [-0.1, -0.05) is 6.07 Å². The molecule has 16 heavy (non-hydrogen) atoms. The van der Waals surface area contributed by atoms with Crippen LogP contribution in [0, 0.1) is 0 Å². The third-order valence-corrected chi connectivity index (χ3v) is 3.89. The second-order valence-electron chi connectivity index (χ2n) is 3.66. The van der Waals surface area contributed by atoms with Gasteiger partial charge in [-0.3, -0.25) is 4.57 Å². The minimum Gasteiger partial charge on any atom is -0.496 e. The summed E-state index contributed by atoms with van der Waals surface area (Å²) in [6.07, 6.45) is 0.365. The molecule has 1 aromatic rings. The summed E-state index contributed by atoms with van der Waals surface area (Å²) in [6.45, 7) is 3.91. The Labute approximate surface area is 96.2 Å². The van der Waals surface area contributed by atoms with Crippen LogP contribution in [0.15, 0.2) is 18.2 Å². The van der Waals surface area contributed by atoms with E-state index in [9.17, 15) is 4.57 Å². The van der Waals surface area contributed by atoms with Crippen LogP contribution in [0.4, 0.5) is 5.69 Å². The van der Waals surface area contributed by atoms with Crippen molar-refractivity contribution < 1.29 is 13.8 Å². The van der Waals surface area contributed by atoms with Gasteiger partial charge in [0.05, 0.1) is 19.9 Å². The number of hydrogen-bond acceptors (Lipinski definition) is 4. The van der Waals surface area contributed by atoms with Crippen molar-refractivity contribution >= 4 is 13.1 Å². The van der Waals surface area contributed by atoms with E-state index in [1.807, 2.05) is 13.0 Å². The van der Waals surface area contributed by atoms with Crippen molar-refractivity contribution in [2.45, 2.75) is 13.1 Å². The highest BCUT2D eigenvalue weighted by atomic mass is 31.2. The van der Waals surface area contributed by atoms with E-state index in [2.05, 4.69) is 0 Å². The zero-order chi connectivity index (χ0) is 12.2. The molecule has 4 nitrogen and oxygen atoms in total. The van der Waals surface area contributed by atoms with Crippen molar-refractivity contribution in [2.75, 3.05) is 26.1 Å². The van der Waals surface area contributed by atoms with Crippen LogP contribution in [0.1, 0.15) is 12.5 Å². The number of benzene rings is 1. The van der Waals surface area contributed by atoms with Gasteiger partial charge >= 0.3 is 0 Å². The molecule has 0 bridgehead atoms.